The molecular weight excluding hydrogens is 446 g/mol. The van der Waals surface area contributed by atoms with E-state index >= 15 is 0 Å². The van der Waals surface area contributed by atoms with E-state index in [2.05, 4.69) is 22.1 Å². The third-order valence-electron chi connectivity index (χ3n) is 5.71. The smallest absolute Gasteiger partial charge is 0.219 e. The molecule has 0 aliphatic heterocycles. The molecule has 0 radical (unpaired) electrons. The molecule has 2 N–H and O–H groups in total. The zero-order chi connectivity index (χ0) is 24.6. The number of rotatable bonds is 5. The van der Waals surface area contributed by atoms with Crippen LogP contribution in [0.1, 0.15) is 44.9 Å². The fraction of sp³-hybridized carbons (Fsp3) is 0.250. The van der Waals surface area contributed by atoms with Gasteiger partial charge in [0.05, 0.1) is 5.60 Å². The van der Waals surface area contributed by atoms with Crippen molar-refractivity contribution in [2.45, 2.75) is 46.3 Å². The molecule has 0 aliphatic carbocycles. The van der Waals surface area contributed by atoms with Crippen molar-refractivity contribution in [2.24, 2.45) is 0 Å². The number of ketones is 1. The van der Waals surface area contributed by atoms with E-state index < -0.39 is 11.7 Å². The Kier molecular flexibility index (Phi) is 6.43. The predicted octanol–water partition coefficient (Wildman–Crippen LogP) is 6.95. The number of fused-ring (bicyclic) bond motifs is 1. The van der Waals surface area contributed by atoms with Gasteiger partial charge in [0, 0.05) is 28.5 Å². The minimum atomic E-state index is -0.760. The van der Waals surface area contributed by atoms with Crippen molar-refractivity contribution in [1.82, 2.24) is 9.97 Å². The molecule has 3 aromatic carbocycles. The second kappa shape index (κ2) is 9.16. The number of carbonyl (C=O) groups excluding carboxylic acids is 1. The summed E-state index contributed by atoms with van der Waals surface area (Å²) in [5.74, 6) is 0.143. The van der Waals surface area contributed by atoms with E-state index in [0.717, 1.165) is 44.2 Å². The van der Waals surface area contributed by atoms with Crippen LogP contribution in [0.15, 0.2) is 60.9 Å². The van der Waals surface area contributed by atoms with Gasteiger partial charge in [0.25, 0.3) is 0 Å². The zero-order valence-electron chi connectivity index (χ0n) is 20.0. The molecule has 5 nitrogen and oxygen atoms in total. The first-order valence-corrected chi connectivity index (χ1v) is 11.5. The van der Waals surface area contributed by atoms with Crippen molar-refractivity contribution in [2.75, 3.05) is 5.73 Å². The van der Waals surface area contributed by atoms with Crippen molar-refractivity contribution < 1.29 is 9.53 Å². The molecule has 1 atom stereocenters. The molecule has 0 spiro atoms. The number of nitrogens with two attached hydrogens (primary N) is 1. The minimum Gasteiger partial charge on any atom is -0.368 e. The van der Waals surface area contributed by atoms with Gasteiger partial charge in [-0.3, -0.25) is 4.79 Å². The standard InChI is InChI=1S/C28H28ClN3O2/c1-16-23(19-14-31-27(30)32-15-19)21-8-6-7-9-22(21)25(18-10-12-20(29)13-11-18)24(16)26(17(2)33)34-28(3,4)5/h6-15,26H,1-5H3,(H2,30,31,32). The van der Waals surface area contributed by atoms with Crippen LogP contribution >= 0.6 is 11.6 Å². The van der Waals surface area contributed by atoms with E-state index in [4.69, 9.17) is 22.1 Å². The molecule has 0 fully saturated rings. The summed E-state index contributed by atoms with van der Waals surface area (Å²) in [6, 6.07) is 15.8. The molecule has 0 bridgehead atoms. The highest BCUT2D eigenvalue weighted by molar-refractivity contribution is 6.30. The van der Waals surface area contributed by atoms with Gasteiger partial charge in [-0.2, -0.15) is 0 Å². The summed E-state index contributed by atoms with van der Waals surface area (Å²) in [6.07, 6.45) is 2.68. The second-order valence-corrected chi connectivity index (χ2v) is 9.83. The molecule has 174 valence electrons. The van der Waals surface area contributed by atoms with Crippen LogP contribution in [0.2, 0.25) is 5.02 Å². The Hall–Kier alpha value is -3.28. The normalized spacial score (nSPS) is 12.6. The van der Waals surface area contributed by atoms with E-state index in [9.17, 15) is 4.79 Å². The maximum Gasteiger partial charge on any atom is 0.219 e. The molecule has 0 aliphatic rings. The van der Waals surface area contributed by atoms with Crippen molar-refractivity contribution in [3.63, 3.8) is 0 Å². The molecule has 1 aromatic heterocycles. The van der Waals surface area contributed by atoms with Gasteiger partial charge in [-0.1, -0.05) is 48.0 Å². The summed E-state index contributed by atoms with van der Waals surface area (Å²) in [7, 11) is 0. The monoisotopic (exact) mass is 473 g/mol. The SMILES string of the molecule is CC(=O)C(OC(C)(C)C)c1c(C)c(-c2cnc(N)nc2)c2ccccc2c1-c1ccc(Cl)cc1. The lowest BCUT2D eigenvalue weighted by Crippen LogP contribution is -2.27. The number of nitrogen functional groups attached to an aromatic ring is 1. The van der Waals surface area contributed by atoms with Gasteiger partial charge in [0.1, 0.15) is 6.10 Å². The van der Waals surface area contributed by atoms with E-state index in [-0.39, 0.29) is 11.7 Å². The third kappa shape index (κ3) is 4.67. The molecule has 4 rings (SSSR count). The maximum absolute atomic E-state index is 13.1. The molecule has 0 amide bonds. The van der Waals surface area contributed by atoms with Gasteiger partial charge >= 0.3 is 0 Å². The number of anilines is 1. The largest absolute Gasteiger partial charge is 0.368 e. The van der Waals surface area contributed by atoms with Crippen molar-refractivity contribution in [1.29, 1.82) is 0 Å². The summed E-state index contributed by atoms with van der Waals surface area (Å²) >= 11 is 6.20. The predicted molar refractivity (Wildman–Crippen MR) is 139 cm³/mol. The number of nitrogens with zero attached hydrogens (tertiary/aromatic N) is 2. The summed E-state index contributed by atoms with van der Waals surface area (Å²) < 4.78 is 6.38. The quantitative estimate of drug-likeness (QED) is 0.339. The van der Waals surface area contributed by atoms with Crippen LogP contribution < -0.4 is 5.73 Å². The lowest BCUT2D eigenvalue weighted by Gasteiger charge is -2.31. The number of halogens is 1. The van der Waals surface area contributed by atoms with Crippen LogP contribution in [0.4, 0.5) is 5.95 Å². The Bertz CT molecular complexity index is 1360. The van der Waals surface area contributed by atoms with Crippen LogP contribution in [0.3, 0.4) is 0 Å². The van der Waals surface area contributed by atoms with Gasteiger partial charge in [0.2, 0.25) is 5.95 Å². The first-order valence-electron chi connectivity index (χ1n) is 11.1. The van der Waals surface area contributed by atoms with Gasteiger partial charge in [-0.05, 0) is 79.8 Å². The number of Topliss-reactive ketones (excluding diaryl/α,β-unsaturated/α-hetero) is 1. The summed E-state index contributed by atoms with van der Waals surface area (Å²) in [5, 5.41) is 2.68. The van der Waals surface area contributed by atoms with Crippen molar-refractivity contribution >= 4 is 34.1 Å². The number of carbonyl (C=O) groups is 1. The average Bonchev–Trinajstić information content (AvgIpc) is 2.78. The Morgan fingerprint density at radius 2 is 1.50 bits per heavy atom. The van der Waals surface area contributed by atoms with E-state index in [1.807, 2.05) is 64.1 Å². The van der Waals surface area contributed by atoms with Gasteiger partial charge in [0.15, 0.2) is 5.78 Å². The van der Waals surface area contributed by atoms with Crippen LogP contribution in [0.5, 0.6) is 0 Å². The second-order valence-electron chi connectivity index (χ2n) is 9.39. The Morgan fingerprint density at radius 1 is 0.941 bits per heavy atom. The van der Waals surface area contributed by atoms with E-state index in [0.29, 0.717) is 5.02 Å². The summed E-state index contributed by atoms with van der Waals surface area (Å²) in [4.78, 5) is 21.5. The average molecular weight is 474 g/mol. The highest BCUT2D eigenvalue weighted by Crippen LogP contribution is 2.45. The first-order chi connectivity index (χ1) is 16.1. The summed E-state index contributed by atoms with van der Waals surface area (Å²) in [6.45, 7) is 9.46. The Morgan fingerprint density at radius 3 is 2.03 bits per heavy atom. The Labute approximate surface area is 205 Å². The number of hydrogen-bond acceptors (Lipinski definition) is 5. The highest BCUT2D eigenvalue weighted by Gasteiger charge is 2.31. The van der Waals surface area contributed by atoms with Crippen LogP contribution in [-0.2, 0) is 9.53 Å². The van der Waals surface area contributed by atoms with Crippen molar-refractivity contribution in [3.05, 3.63) is 77.1 Å². The molecule has 0 saturated heterocycles. The van der Waals surface area contributed by atoms with Gasteiger partial charge in [-0.15, -0.1) is 0 Å². The number of ether oxygens (including phenoxy) is 1. The number of aromatic nitrogens is 2. The van der Waals surface area contributed by atoms with Gasteiger partial charge in [-0.25, -0.2) is 9.97 Å². The fourth-order valence-corrected chi connectivity index (χ4v) is 4.51. The molecule has 6 heteroatoms. The molecule has 1 heterocycles. The third-order valence-corrected chi connectivity index (χ3v) is 5.96. The molecule has 4 aromatic rings. The van der Waals surface area contributed by atoms with E-state index in [1.54, 1.807) is 19.3 Å². The number of hydrogen-bond donors (Lipinski definition) is 1. The Balaban J connectivity index is 2.17. The fourth-order valence-electron chi connectivity index (χ4n) is 4.38. The van der Waals surface area contributed by atoms with Crippen LogP contribution in [-0.4, -0.2) is 21.4 Å². The van der Waals surface area contributed by atoms with E-state index in [1.165, 1.54) is 0 Å². The number of benzene rings is 3. The molecule has 34 heavy (non-hydrogen) atoms. The topological polar surface area (TPSA) is 78.1 Å². The first kappa shape index (κ1) is 23.9. The van der Waals surface area contributed by atoms with Crippen LogP contribution in [0.25, 0.3) is 33.0 Å². The highest BCUT2D eigenvalue weighted by atomic mass is 35.5. The lowest BCUT2D eigenvalue weighted by molar-refractivity contribution is -0.138. The van der Waals surface area contributed by atoms with Gasteiger partial charge < -0.3 is 10.5 Å². The zero-order valence-corrected chi connectivity index (χ0v) is 20.8. The maximum atomic E-state index is 13.1. The summed E-state index contributed by atoms with van der Waals surface area (Å²) in [5.41, 5.74) is 10.7. The van der Waals surface area contributed by atoms with Crippen LogP contribution in [0, 0.1) is 6.92 Å². The molecular formula is C28H28ClN3O2. The minimum absolute atomic E-state index is 0.0666. The molecule has 0 saturated carbocycles. The lowest BCUT2D eigenvalue weighted by atomic mass is 9.82. The molecule has 1 unspecified atom stereocenters. The van der Waals surface area contributed by atoms with Crippen molar-refractivity contribution in [3.8, 4) is 22.3 Å².